The molecule has 1 fully saturated rings. The molecule has 4 rings (SSSR count). The fourth-order valence-electron chi connectivity index (χ4n) is 3.92. The predicted molar refractivity (Wildman–Crippen MR) is 111 cm³/mol. The average Bonchev–Trinajstić information content (AvgIpc) is 3.06. The summed E-state index contributed by atoms with van der Waals surface area (Å²) in [5.74, 6) is 0.947. The number of primary amides is 1. The Bertz CT molecular complexity index is 972. The number of amides is 1. The molecule has 1 aliphatic rings. The van der Waals surface area contributed by atoms with Crippen molar-refractivity contribution in [1.29, 1.82) is 0 Å². The third-order valence-corrected chi connectivity index (χ3v) is 7.24. The lowest BCUT2D eigenvalue weighted by molar-refractivity contribution is 0.100. The summed E-state index contributed by atoms with van der Waals surface area (Å²) in [5.41, 5.74) is 10.1. The molecule has 0 aliphatic carbocycles. The standard InChI is InChI=1S/C21H24N2O3S/c22-21(24)19-12-16(15-4-2-1-3-5-15)11-18-17(13-23-20(18)19)10-14-6-8-27(25,26)9-7-14/h1-5,11-14,23,25-26H,6-10H2,(H2,22,24). The monoisotopic (exact) mass is 384 g/mol. The van der Waals surface area contributed by atoms with Crippen molar-refractivity contribution in [3.8, 4) is 11.1 Å². The first-order valence-corrected chi connectivity index (χ1v) is 11.0. The minimum absolute atomic E-state index is 0.418. The van der Waals surface area contributed by atoms with Gasteiger partial charge in [0.25, 0.3) is 5.91 Å². The number of carbonyl (C=O) groups excluding carboxylic acids is 1. The second-order valence-corrected chi connectivity index (χ2v) is 9.77. The van der Waals surface area contributed by atoms with Crippen molar-refractivity contribution in [1.82, 2.24) is 4.98 Å². The summed E-state index contributed by atoms with van der Waals surface area (Å²) in [6, 6.07) is 13.9. The molecule has 5 nitrogen and oxygen atoms in total. The van der Waals surface area contributed by atoms with Crippen LogP contribution in [0.2, 0.25) is 0 Å². The van der Waals surface area contributed by atoms with Crippen LogP contribution in [0.5, 0.6) is 0 Å². The predicted octanol–water partition coefficient (Wildman–Crippen LogP) is 4.64. The lowest BCUT2D eigenvalue weighted by Gasteiger charge is -2.39. The molecule has 0 radical (unpaired) electrons. The molecule has 0 unspecified atom stereocenters. The highest BCUT2D eigenvalue weighted by atomic mass is 32.3. The maximum atomic E-state index is 12.0. The number of rotatable bonds is 4. The maximum Gasteiger partial charge on any atom is 0.250 e. The molecule has 2 heterocycles. The first-order chi connectivity index (χ1) is 12.9. The van der Waals surface area contributed by atoms with E-state index in [0.29, 0.717) is 23.0 Å². The van der Waals surface area contributed by atoms with Gasteiger partial charge in [0, 0.05) is 23.1 Å². The van der Waals surface area contributed by atoms with Crippen molar-refractivity contribution in [2.45, 2.75) is 19.3 Å². The van der Waals surface area contributed by atoms with Gasteiger partial charge in [0.1, 0.15) is 0 Å². The molecule has 27 heavy (non-hydrogen) atoms. The number of nitrogens with two attached hydrogens (primary N) is 1. The number of aromatic nitrogens is 1. The van der Waals surface area contributed by atoms with Crippen LogP contribution in [0, 0.1) is 5.92 Å². The highest BCUT2D eigenvalue weighted by Crippen LogP contribution is 2.46. The van der Waals surface area contributed by atoms with Gasteiger partial charge >= 0.3 is 0 Å². The van der Waals surface area contributed by atoms with Crippen LogP contribution in [0.3, 0.4) is 0 Å². The van der Waals surface area contributed by atoms with Crippen LogP contribution in [-0.2, 0) is 6.42 Å². The molecule has 0 saturated carbocycles. The molecule has 0 atom stereocenters. The Kier molecular flexibility index (Phi) is 4.72. The van der Waals surface area contributed by atoms with Crippen molar-refractivity contribution in [2.24, 2.45) is 11.7 Å². The van der Waals surface area contributed by atoms with Crippen LogP contribution in [0.25, 0.3) is 22.0 Å². The number of nitrogens with one attached hydrogen (secondary N) is 1. The highest BCUT2D eigenvalue weighted by molar-refractivity contribution is 8.24. The lowest BCUT2D eigenvalue weighted by atomic mass is 9.92. The summed E-state index contributed by atoms with van der Waals surface area (Å²) in [6.45, 7) is 0. The number of fused-ring (bicyclic) bond motifs is 1. The molecule has 0 spiro atoms. The molecule has 142 valence electrons. The largest absolute Gasteiger partial charge is 0.366 e. The summed E-state index contributed by atoms with van der Waals surface area (Å²) in [4.78, 5) is 15.2. The van der Waals surface area contributed by atoms with Crippen molar-refractivity contribution in [2.75, 3.05) is 11.5 Å². The van der Waals surface area contributed by atoms with Crippen LogP contribution in [0.4, 0.5) is 0 Å². The van der Waals surface area contributed by atoms with Crippen LogP contribution >= 0.6 is 10.6 Å². The van der Waals surface area contributed by atoms with Crippen LogP contribution in [-0.4, -0.2) is 31.5 Å². The number of hydrogen-bond acceptors (Lipinski definition) is 3. The van der Waals surface area contributed by atoms with Gasteiger partial charge in [-0.25, -0.2) is 0 Å². The van der Waals surface area contributed by atoms with Crippen molar-refractivity contribution < 1.29 is 13.9 Å². The minimum atomic E-state index is -2.37. The van der Waals surface area contributed by atoms with E-state index in [2.05, 4.69) is 11.1 Å². The van der Waals surface area contributed by atoms with E-state index >= 15 is 0 Å². The van der Waals surface area contributed by atoms with E-state index < -0.39 is 16.5 Å². The Labute approximate surface area is 159 Å². The fraction of sp³-hybridized carbons (Fsp3) is 0.286. The summed E-state index contributed by atoms with van der Waals surface area (Å²) in [7, 11) is -2.37. The van der Waals surface area contributed by atoms with E-state index in [0.717, 1.165) is 46.9 Å². The summed E-state index contributed by atoms with van der Waals surface area (Å²) < 4.78 is 19.7. The van der Waals surface area contributed by atoms with Gasteiger partial charge < -0.3 is 10.7 Å². The number of aromatic amines is 1. The van der Waals surface area contributed by atoms with E-state index in [9.17, 15) is 13.9 Å². The fourth-order valence-corrected chi connectivity index (χ4v) is 5.55. The molecule has 6 heteroatoms. The number of hydrogen-bond donors (Lipinski definition) is 4. The molecule has 3 aromatic rings. The quantitative estimate of drug-likeness (QED) is 0.527. The second-order valence-electron chi connectivity index (χ2n) is 7.35. The van der Waals surface area contributed by atoms with E-state index in [1.807, 2.05) is 42.6 Å². The lowest BCUT2D eigenvalue weighted by Crippen LogP contribution is -2.21. The number of benzene rings is 2. The van der Waals surface area contributed by atoms with Crippen molar-refractivity contribution in [3.63, 3.8) is 0 Å². The molecule has 1 amide bonds. The Morgan fingerprint density at radius 3 is 2.48 bits per heavy atom. The molecule has 0 bridgehead atoms. The van der Waals surface area contributed by atoms with Crippen molar-refractivity contribution >= 4 is 27.4 Å². The smallest absolute Gasteiger partial charge is 0.250 e. The zero-order chi connectivity index (χ0) is 19.0. The highest BCUT2D eigenvalue weighted by Gasteiger charge is 2.25. The molecule has 1 saturated heterocycles. The van der Waals surface area contributed by atoms with Crippen LogP contribution < -0.4 is 5.73 Å². The van der Waals surface area contributed by atoms with Crippen molar-refractivity contribution in [3.05, 3.63) is 59.8 Å². The summed E-state index contributed by atoms with van der Waals surface area (Å²) >= 11 is 0. The Hall–Kier alpha value is -2.28. The topological polar surface area (TPSA) is 99.3 Å². The summed E-state index contributed by atoms with van der Waals surface area (Å²) in [6.07, 6.45) is 4.44. The molecule has 2 aromatic carbocycles. The van der Waals surface area contributed by atoms with E-state index in [4.69, 9.17) is 5.73 Å². The molecule has 1 aliphatic heterocycles. The van der Waals surface area contributed by atoms with Gasteiger partial charge in [-0.15, -0.1) is 0 Å². The Morgan fingerprint density at radius 2 is 1.81 bits per heavy atom. The first kappa shape index (κ1) is 18.1. The van der Waals surface area contributed by atoms with Gasteiger partial charge in [-0.3, -0.25) is 13.9 Å². The van der Waals surface area contributed by atoms with Gasteiger partial charge in [-0.2, -0.15) is 10.6 Å². The first-order valence-electron chi connectivity index (χ1n) is 9.16. The third kappa shape index (κ3) is 3.74. The van der Waals surface area contributed by atoms with Gasteiger partial charge in [0.05, 0.1) is 11.1 Å². The minimum Gasteiger partial charge on any atom is -0.366 e. The van der Waals surface area contributed by atoms with Gasteiger partial charge in [0.2, 0.25) is 0 Å². The average molecular weight is 385 g/mol. The third-order valence-electron chi connectivity index (χ3n) is 5.46. The number of H-pyrrole nitrogens is 1. The van der Waals surface area contributed by atoms with E-state index in [1.165, 1.54) is 0 Å². The van der Waals surface area contributed by atoms with E-state index in [-0.39, 0.29) is 0 Å². The molecular formula is C21H24N2O3S. The molecule has 5 N–H and O–H groups in total. The second kappa shape index (κ2) is 7.03. The maximum absolute atomic E-state index is 12.0. The van der Waals surface area contributed by atoms with Crippen LogP contribution in [0.1, 0.15) is 28.8 Å². The SMILES string of the molecule is NC(=O)c1cc(-c2ccccc2)cc2c(CC3CCS(O)(O)CC3)c[nH]c12. The molecular weight excluding hydrogens is 360 g/mol. The van der Waals surface area contributed by atoms with Gasteiger partial charge in [-0.05, 0) is 54.0 Å². The summed E-state index contributed by atoms with van der Waals surface area (Å²) in [5, 5.41) is 1.02. The Balaban J connectivity index is 1.72. The normalized spacial score (nSPS) is 18.4. The van der Waals surface area contributed by atoms with Crippen LogP contribution in [0.15, 0.2) is 48.7 Å². The Morgan fingerprint density at radius 1 is 1.11 bits per heavy atom. The van der Waals surface area contributed by atoms with Gasteiger partial charge in [-0.1, -0.05) is 30.3 Å². The molecule has 1 aromatic heterocycles. The zero-order valence-corrected chi connectivity index (χ0v) is 15.8. The zero-order valence-electron chi connectivity index (χ0n) is 15.0. The number of carbonyl (C=O) groups is 1. The van der Waals surface area contributed by atoms with Gasteiger partial charge in [0.15, 0.2) is 0 Å². The van der Waals surface area contributed by atoms with E-state index in [1.54, 1.807) is 0 Å².